The second-order valence-electron chi connectivity index (χ2n) is 3.59. The van der Waals surface area contributed by atoms with E-state index in [2.05, 4.69) is 35.0 Å². The summed E-state index contributed by atoms with van der Waals surface area (Å²) in [6.07, 6.45) is 2.67. The van der Waals surface area contributed by atoms with Crippen molar-refractivity contribution in [1.82, 2.24) is 0 Å². The van der Waals surface area contributed by atoms with Crippen LogP contribution in [0.15, 0.2) is 29.6 Å². The molecule has 1 aliphatic rings. The molecule has 2 aromatic rings. The van der Waals surface area contributed by atoms with Crippen molar-refractivity contribution in [3.8, 4) is 0 Å². The molecular weight excluding hydrogens is 178 g/mol. The fourth-order valence-corrected chi connectivity index (χ4v) is 2.29. The van der Waals surface area contributed by atoms with Gasteiger partial charge in [-0.05, 0) is 47.9 Å². The molecule has 1 fully saturated rings. The molecule has 0 spiro atoms. The first-order valence-electron chi connectivity index (χ1n) is 4.66. The highest BCUT2D eigenvalue weighted by molar-refractivity contribution is 7.17. The van der Waals surface area contributed by atoms with E-state index in [1.165, 1.54) is 28.6 Å². The van der Waals surface area contributed by atoms with E-state index in [0.29, 0.717) is 0 Å². The van der Waals surface area contributed by atoms with Crippen molar-refractivity contribution in [2.24, 2.45) is 0 Å². The van der Waals surface area contributed by atoms with Crippen LogP contribution in [0.3, 0.4) is 0 Å². The van der Waals surface area contributed by atoms with Crippen molar-refractivity contribution in [2.45, 2.75) is 18.9 Å². The number of fused-ring (bicyclic) bond motifs is 1. The van der Waals surface area contributed by atoms with Crippen molar-refractivity contribution in [3.63, 3.8) is 0 Å². The van der Waals surface area contributed by atoms with Gasteiger partial charge in [0, 0.05) is 16.4 Å². The lowest BCUT2D eigenvalue weighted by atomic mass is 10.2. The zero-order chi connectivity index (χ0) is 8.67. The number of nitrogens with one attached hydrogen (secondary N) is 1. The molecule has 1 saturated carbocycles. The van der Waals surface area contributed by atoms with Crippen LogP contribution in [0, 0.1) is 0 Å². The fourth-order valence-electron chi connectivity index (χ4n) is 1.52. The Labute approximate surface area is 81.4 Å². The molecule has 1 aromatic carbocycles. The summed E-state index contributed by atoms with van der Waals surface area (Å²) in [7, 11) is 0. The Bertz CT molecular complexity index is 428. The quantitative estimate of drug-likeness (QED) is 0.762. The third kappa shape index (κ3) is 1.42. The lowest BCUT2D eigenvalue weighted by Crippen LogP contribution is -1.99. The Morgan fingerprint density at radius 3 is 3.00 bits per heavy atom. The Balaban J connectivity index is 1.99. The molecule has 3 rings (SSSR count). The van der Waals surface area contributed by atoms with Crippen LogP contribution in [-0.4, -0.2) is 6.04 Å². The van der Waals surface area contributed by atoms with E-state index >= 15 is 0 Å². The Kier molecular flexibility index (Phi) is 1.56. The third-order valence-electron chi connectivity index (χ3n) is 2.40. The molecule has 1 aromatic heterocycles. The van der Waals surface area contributed by atoms with Gasteiger partial charge in [0.1, 0.15) is 0 Å². The van der Waals surface area contributed by atoms with Crippen molar-refractivity contribution in [3.05, 3.63) is 29.6 Å². The molecule has 0 bridgehead atoms. The number of hydrogen-bond donors (Lipinski definition) is 1. The van der Waals surface area contributed by atoms with Crippen LogP contribution in [0.25, 0.3) is 10.1 Å². The summed E-state index contributed by atoms with van der Waals surface area (Å²) in [5, 5.41) is 7.00. The minimum absolute atomic E-state index is 0.746. The summed E-state index contributed by atoms with van der Waals surface area (Å²) in [6, 6.07) is 9.54. The van der Waals surface area contributed by atoms with Crippen molar-refractivity contribution >= 4 is 27.1 Å². The Morgan fingerprint density at radius 1 is 1.23 bits per heavy atom. The maximum Gasteiger partial charge on any atom is 0.0349 e. The lowest BCUT2D eigenvalue weighted by molar-refractivity contribution is 1.16. The average molecular weight is 189 g/mol. The van der Waals surface area contributed by atoms with E-state index < -0.39 is 0 Å². The predicted octanol–water partition coefficient (Wildman–Crippen LogP) is 3.48. The molecule has 1 nitrogen and oxygen atoms in total. The average Bonchev–Trinajstić information content (AvgIpc) is 2.83. The Morgan fingerprint density at radius 2 is 2.15 bits per heavy atom. The maximum absolute atomic E-state index is 3.50. The van der Waals surface area contributed by atoms with E-state index in [9.17, 15) is 0 Å². The van der Waals surface area contributed by atoms with Gasteiger partial charge in [-0.1, -0.05) is 0 Å². The number of hydrogen-bond acceptors (Lipinski definition) is 2. The van der Waals surface area contributed by atoms with Crippen LogP contribution in [0.1, 0.15) is 12.8 Å². The molecule has 0 atom stereocenters. The summed E-state index contributed by atoms with van der Waals surface area (Å²) in [6.45, 7) is 0. The first kappa shape index (κ1) is 7.39. The lowest BCUT2D eigenvalue weighted by Gasteiger charge is -2.03. The molecule has 0 unspecified atom stereocenters. The number of rotatable bonds is 2. The monoisotopic (exact) mass is 189 g/mol. The zero-order valence-electron chi connectivity index (χ0n) is 7.29. The topological polar surface area (TPSA) is 12.0 Å². The summed E-state index contributed by atoms with van der Waals surface area (Å²) >= 11 is 1.80. The van der Waals surface area contributed by atoms with E-state index in [1.807, 2.05) is 0 Å². The van der Waals surface area contributed by atoms with E-state index in [0.717, 1.165) is 6.04 Å². The summed E-state index contributed by atoms with van der Waals surface area (Å²) < 4.78 is 1.38. The highest BCUT2D eigenvalue weighted by Gasteiger charge is 2.20. The standard InChI is InChI=1S/C11H11NS/c1-2-9(1)12-10-3-4-11-8(7-10)5-6-13-11/h3-7,9,12H,1-2H2. The van der Waals surface area contributed by atoms with Gasteiger partial charge in [0.2, 0.25) is 0 Å². The van der Waals surface area contributed by atoms with Crippen molar-refractivity contribution in [2.75, 3.05) is 5.32 Å². The molecule has 0 aliphatic heterocycles. The number of anilines is 1. The van der Waals surface area contributed by atoms with Crippen LogP contribution in [0.5, 0.6) is 0 Å². The second kappa shape index (κ2) is 2.74. The first-order chi connectivity index (χ1) is 6.42. The number of thiophene rings is 1. The smallest absolute Gasteiger partial charge is 0.0349 e. The molecule has 1 aliphatic carbocycles. The number of benzene rings is 1. The van der Waals surface area contributed by atoms with Gasteiger partial charge in [-0.2, -0.15) is 0 Å². The molecule has 0 saturated heterocycles. The van der Waals surface area contributed by atoms with E-state index in [4.69, 9.17) is 0 Å². The molecule has 2 heteroatoms. The van der Waals surface area contributed by atoms with Crippen LogP contribution >= 0.6 is 11.3 Å². The minimum atomic E-state index is 0.746. The predicted molar refractivity (Wildman–Crippen MR) is 58.5 cm³/mol. The first-order valence-corrected chi connectivity index (χ1v) is 5.53. The summed E-state index contributed by atoms with van der Waals surface area (Å²) in [5.74, 6) is 0. The Hall–Kier alpha value is -1.02. The van der Waals surface area contributed by atoms with Crippen LogP contribution in [-0.2, 0) is 0 Å². The van der Waals surface area contributed by atoms with Crippen LogP contribution < -0.4 is 5.32 Å². The molecule has 66 valence electrons. The van der Waals surface area contributed by atoms with Gasteiger partial charge in [0.15, 0.2) is 0 Å². The van der Waals surface area contributed by atoms with Gasteiger partial charge in [0.25, 0.3) is 0 Å². The summed E-state index contributed by atoms with van der Waals surface area (Å²) in [4.78, 5) is 0. The fraction of sp³-hybridized carbons (Fsp3) is 0.273. The molecule has 1 N–H and O–H groups in total. The molecule has 0 amide bonds. The largest absolute Gasteiger partial charge is 0.382 e. The van der Waals surface area contributed by atoms with Crippen molar-refractivity contribution < 1.29 is 0 Å². The van der Waals surface area contributed by atoms with Crippen molar-refractivity contribution in [1.29, 1.82) is 0 Å². The zero-order valence-corrected chi connectivity index (χ0v) is 8.10. The maximum atomic E-state index is 3.50. The van der Waals surface area contributed by atoms with Gasteiger partial charge >= 0.3 is 0 Å². The van der Waals surface area contributed by atoms with Gasteiger partial charge in [-0.3, -0.25) is 0 Å². The second-order valence-corrected chi connectivity index (χ2v) is 4.54. The third-order valence-corrected chi connectivity index (χ3v) is 3.30. The normalized spacial score (nSPS) is 16.3. The van der Waals surface area contributed by atoms with Gasteiger partial charge in [-0.25, -0.2) is 0 Å². The van der Waals surface area contributed by atoms with E-state index in [1.54, 1.807) is 11.3 Å². The van der Waals surface area contributed by atoms with Gasteiger partial charge in [0.05, 0.1) is 0 Å². The van der Waals surface area contributed by atoms with Gasteiger partial charge < -0.3 is 5.32 Å². The highest BCUT2D eigenvalue weighted by atomic mass is 32.1. The molecule has 1 heterocycles. The minimum Gasteiger partial charge on any atom is -0.382 e. The molecule has 0 radical (unpaired) electrons. The SMILES string of the molecule is c1cc2cc(NC3CC3)ccc2s1. The van der Waals surface area contributed by atoms with Crippen LogP contribution in [0.4, 0.5) is 5.69 Å². The van der Waals surface area contributed by atoms with Crippen LogP contribution in [0.2, 0.25) is 0 Å². The van der Waals surface area contributed by atoms with Gasteiger partial charge in [-0.15, -0.1) is 11.3 Å². The van der Waals surface area contributed by atoms with E-state index in [-0.39, 0.29) is 0 Å². The molecule has 13 heavy (non-hydrogen) atoms. The summed E-state index contributed by atoms with van der Waals surface area (Å²) in [5.41, 5.74) is 1.27. The molecular formula is C11H11NS. The highest BCUT2D eigenvalue weighted by Crippen LogP contribution is 2.28.